The Kier molecular flexibility index (Phi) is 3.72. The fraction of sp³-hybridized carbons (Fsp3) is 0.182. The van der Waals surface area contributed by atoms with Crippen LogP contribution in [0.2, 0.25) is 0 Å². The van der Waals surface area contributed by atoms with E-state index in [4.69, 9.17) is 5.73 Å². The molecule has 0 aliphatic rings. The smallest absolute Gasteiger partial charge is 0.224 e. The van der Waals surface area contributed by atoms with Gasteiger partial charge in [-0.25, -0.2) is 13.4 Å². The number of sulfone groups is 1. The molecule has 0 unspecified atom stereocenters. The number of benzene rings is 1. The third-order valence-electron chi connectivity index (χ3n) is 2.36. The molecule has 0 aliphatic carbocycles. The van der Waals surface area contributed by atoms with Crippen LogP contribution in [-0.4, -0.2) is 35.9 Å². The first-order valence-corrected chi connectivity index (χ1v) is 8.38. The zero-order valence-electron chi connectivity index (χ0n) is 10.4. The first-order chi connectivity index (χ1) is 8.90. The maximum atomic E-state index is 11.4. The number of hydrogen-bond acceptors (Lipinski definition) is 7. The number of nitrogens with two attached hydrogens (primary N) is 1. The Morgan fingerprint density at radius 3 is 2.26 bits per heavy atom. The van der Waals surface area contributed by atoms with E-state index in [-0.39, 0.29) is 10.8 Å². The summed E-state index contributed by atoms with van der Waals surface area (Å²) >= 11 is 1.36. The second-order valence-corrected chi connectivity index (χ2v) is 6.59. The molecule has 0 saturated heterocycles. The molecule has 0 saturated carbocycles. The molecular weight excluding hydrogens is 284 g/mol. The van der Waals surface area contributed by atoms with Crippen LogP contribution in [0.4, 0.5) is 5.95 Å². The second-order valence-electron chi connectivity index (χ2n) is 3.80. The highest BCUT2D eigenvalue weighted by Crippen LogP contribution is 2.20. The van der Waals surface area contributed by atoms with Gasteiger partial charge in [-0.3, -0.25) is 0 Å². The van der Waals surface area contributed by atoms with Gasteiger partial charge in [-0.15, -0.1) is 0 Å². The molecule has 0 atom stereocenters. The Morgan fingerprint density at radius 2 is 1.74 bits per heavy atom. The van der Waals surface area contributed by atoms with Crippen molar-refractivity contribution in [1.29, 1.82) is 0 Å². The largest absolute Gasteiger partial charge is 0.368 e. The molecule has 8 heteroatoms. The third kappa shape index (κ3) is 3.21. The van der Waals surface area contributed by atoms with Gasteiger partial charge in [0.15, 0.2) is 20.8 Å². The number of rotatable bonds is 3. The van der Waals surface area contributed by atoms with Crippen LogP contribution < -0.4 is 5.73 Å². The molecule has 0 spiro atoms. The number of aromatic nitrogens is 3. The fourth-order valence-electron chi connectivity index (χ4n) is 1.44. The van der Waals surface area contributed by atoms with Crippen molar-refractivity contribution >= 4 is 27.5 Å². The summed E-state index contributed by atoms with van der Waals surface area (Å²) in [6.45, 7) is 0. The minimum atomic E-state index is -3.20. The molecule has 1 aromatic carbocycles. The molecule has 0 fully saturated rings. The molecule has 6 nitrogen and oxygen atoms in total. The summed E-state index contributed by atoms with van der Waals surface area (Å²) < 4.78 is 22.7. The lowest BCUT2D eigenvalue weighted by Gasteiger charge is -2.04. The normalized spacial score (nSPS) is 11.5. The molecule has 19 heavy (non-hydrogen) atoms. The zero-order chi connectivity index (χ0) is 14.0. The van der Waals surface area contributed by atoms with Crippen LogP contribution >= 0.6 is 11.8 Å². The van der Waals surface area contributed by atoms with Gasteiger partial charge in [0.1, 0.15) is 0 Å². The minimum Gasteiger partial charge on any atom is -0.368 e. The maximum Gasteiger partial charge on any atom is 0.224 e. The summed E-state index contributed by atoms with van der Waals surface area (Å²) in [5, 5.41) is 0.523. The molecule has 0 radical (unpaired) electrons. The zero-order valence-corrected chi connectivity index (χ0v) is 12.0. The Morgan fingerprint density at radius 1 is 1.11 bits per heavy atom. The van der Waals surface area contributed by atoms with Crippen molar-refractivity contribution in [1.82, 2.24) is 15.0 Å². The van der Waals surface area contributed by atoms with Gasteiger partial charge < -0.3 is 5.73 Å². The van der Waals surface area contributed by atoms with E-state index in [2.05, 4.69) is 15.0 Å². The number of nitrogens with zero attached hydrogens (tertiary/aromatic N) is 3. The van der Waals surface area contributed by atoms with Gasteiger partial charge in [0.2, 0.25) is 5.95 Å². The minimum absolute atomic E-state index is 0.140. The SMILES string of the molecule is CSc1nc(N)nc(-c2ccc(S(C)(=O)=O)cc2)n1. The highest BCUT2D eigenvalue weighted by molar-refractivity contribution is 7.98. The summed E-state index contributed by atoms with van der Waals surface area (Å²) in [4.78, 5) is 12.5. The van der Waals surface area contributed by atoms with E-state index in [0.717, 1.165) is 6.26 Å². The van der Waals surface area contributed by atoms with Gasteiger partial charge in [0, 0.05) is 11.8 Å². The number of anilines is 1. The molecule has 2 aromatic rings. The van der Waals surface area contributed by atoms with E-state index >= 15 is 0 Å². The van der Waals surface area contributed by atoms with E-state index in [0.29, 0.717) is 16.5 Å². The first-order valence-electron chi connectivity index (χ1n) is 5.26. The standard InChI is InChI=1S/C11H12N4O2S2/c1-18-11-14-9(13-10(12)15-11)7-3-5-8(6-4-7)19(2,16)17/h3-6H,1-2H3,(H2,12,13,14,15). The predicted octanol–water partition coefficient (Wildman–Crippen LogP) is 1.25. The van der Waals surface area contributed by atoms with Crippen LogP contribution in [-0.2, 0) is 9.84 Å². The summed E-state index contributed by atoms with van der Waals surface area (Å²) in [5.41, 5.74) is 6.29. The quantitative estimate of drug-likeness (QED) is 0.851. The third-order valence-corrected chi connectivity index (χ3v) is 4.03. The lowest BCUT2D eigenvalue weighted by Crippen LogP contribution is -2.02. The Labute approximate surface area is 115 Å². The molecule has 1 aromatic heterocycles. The molecule has 0 bridgehead atoms. The van der Waals surface area contributed by atoms with Crippen molar-refractivity contribution in [3.8, 4) is 11.4 Å². The van der Waals surface area contributed by atoms with Gasteiger partial charge in [-0.2, -0.15) is 9.97 Å². The lowest BCUT2D eigenvalue weighted by atomic mass is 10.2. The maximum absolute atomic E-state index is 11.4. The lowest BCUT2D eigenvalue weighted by molar-refractivity contribution is 0.602. The van der Waals surface area contributed by atoms with Crippen LogP contribution in [0.1, 0.15) is 0 Å². The summed E-state index contributed by atoms with van der Waals surface area (Å²) in [6, 6.07) is 6.33. The van der Waals surface area contributed by atoms with Crippen molar-refractivity contribution in [2.75, 3.05) is 18.2 Å². The van der Waals surface area contributed by atoms with Gasteiger partial charge >= 0.3 is 0 Å². The predicted molar refractivity (Wildman–Crippen MR) is 74.6 cm³/mol. The Balaban J connectivity index is 2.45. The van der Waals surface area contributed by atoms with E-state index in [1.165, 1.54) is 23.9 Å². The molecule has 2 rings (SSSR count). The molecule has 100 valence electrons. The van der Waals surface area contributed by atoms with E-state index in [1.54, 1.807) is 12.1 Å². The highest BCUT2D eigenvalue weighted by atomic mass is 32.2. The monoisotopic (exact) mass is 296 g/mol. The van der Waals surface area contributed by atoms with E-state index in [1.807, 2.05) is 6.26 Å². The molecule has 1 heterocycles. The molecule has 2 N–H and O–H groups in total. The summed E-state index contributed by atoms with van der Waals surface area (Å²) in [5.74, 6) is 0.568. The Bertz CT molecular complexity index is 699. The summed E-state index contributed by atoms with van der Waals surface area (Å²) in [6.07, 6.45) is 3.00. The van der Waals surface area contributed by atoms with Crippen molar-refractivity contribution < 1.29 is 8.42 Å². The van der Waals surface area contributed by atoms with Crippen LogP contribution in [0.15, 0.2) is 34.3 Å². The van der Waals surface area contributed by atoms with Crippen molar-refractivity contribution in [3.63, 3.8) is 0 Å². The van der Waals surface area contributed by atoms with Crippen molar-refractivity contribution in [3.05, 3.63) is 24.3 Å². The van der Waals surface area contributed by atoms with Gasteiger partial charge in [-0.1, -0.05) is 11.8 Å². The average molecular weight is 296 g/mol. The summed E-state index contributed by atoms with van der Waals surface area (Å²) in [7, 11) is -3.20. The van der Waals surface area contributed by atoms with E-state index < -0.39 is 9.84 Å². The van der Waals surface area contributed by atoms with Crippen molar-refractivity contribution in [2.24, 2.45) is 0 Å². The van der Waals surface area contributed by atoms with Crippen LogP contribution in [0.3, 0.4) is 0 Å². The van der Waals surface area contributed by atoms with E-state index in [9.17, 15) is 8.42 Å². The van der Waals surface area contributed by atoms with Gasteiger partial charge in [0.25, 0.3) is 0 Å². The molecule has 0 amide bonds. The number of thioether (sulfide) groups is 1. The van der Waals surface area contributed by atoms with Crippen LogP contribution in [0.5, 0.6) is 0 Å². The topological polar surface area (TPSA) is 98.8 Å². The van der Waals surface area contributed by atoms with Crippen molar-refractivity contribution in [2.45, 2.75) is 10.1 Å². The number of hydrogen-bond donors (Lipinski definition) is 1. The second kappa shape index (κ2) is 5.14. The molecule has 0 aliphatic heterocycles. The molecular formula is C11H12N4O2S2. The highest BCUT2D eigenvalue weighted by Gasteiger charge is 2.09. The fourth-order valence-corrected chi connectivity index (χ4v) is 2.44. The van der Waals surface area contributed by atoms with Crippen LogP contribution in [0, 0.1) is 0 Å². The van der Waals surface area contributed by atoms with Gasteiger partial charge in [0.05, 0.1) is 4.90 Å². The van der Waals surface area contributed by atoms with Gasteiger partial charge in [-0.05, 0) is 30.5 Å². The first kappa shape index (κ1) is 13.8. The Hall–Kier alpha value is -1.67. The average Bonchev–Trinajstić information content (AvgIpc) is 2.37. The number of nitrogen functional groups attached to an aromatic ring is 1. The van der Waals surface area contributed by atoms with Crippen LogP contribution in [0.25, 0.3) is 11.4 Å².